The largest absolute Gasteiger partial charge is 0.444 e. The molecule has 0 aromatic heterocycles. The third kappa shape index (κ3) is 4.94. The maximum Gasteiger partial charge on any atom is 0.408 e. The zero-order valence-electron chi connectivity index (χ0n) is 13.7. The Labute approximate surface area is 135 Å². The monoisotopic (exact) mass is 322 g/mol. The number of hydrogen-bond acceptors (Lipinski definition) is 3. The van der Waals surface area contributed by atoms with Gasteiger partial charge < -0.3 is 15.4 Å². The standard InChI is InChI=1S/C17H23FN2O3/c1-17(2,3)23-16(22)20-14-9-8-11(10-19-15(14)21)12-6-4-5-7-13(12)18/h4-7,11,14H,8-10H2,1-3H3,(H,19,21)(H,20,22)/t11-,14+/m0/s1. The van der Waals surface area contributed by atoms with Crippen molar-refractivity contribution in [2.75, 3.05) is 6.54 Å². The van der Waals surface area contributed by atoms with Crippen LogP contribution in [0.25, 0.3) is 0 Å². The minimum atomic E-state index is -0.665. The Hall–Kier alpha value is -2.11. The van der Waals surface area contributed by atoms with Gasteiger partial charge in [-0.1, -0.05) is 18.2 Å². The van der Waals surface area contributed by atoms with E-state index in [9.17, 15) is 14.0 Å². The molecule has 1 fully saturated rings. The summed E-state index contributed by atoms with van der Waals surface area (Å²) < 4.78 is 19.1. The molecule has 1 aromatic rings. The van der Waals surface area contributed by atoms with Crippen LogP contribution in [-0.4, -0.2) is 30.2 Å². The summed E-state index contributed by atoms with van der Waals surface area (Å²) in [4.78, 5) is 23.9. The second-order valence-electron chi connectivity index (χ2n) is 6.74. The number of amides is 2. The van der Waals surface area contributed by atoms with Crippen LogP contribution in [0.3, 0.4) is 0 Å². The molecular weight excluding hydrogens is 299 g/mol. The molecule has 0 spiro atoms. The molecule has 0 saturated carbocycles. The van der Waals surface area contributed by atoms with Gasteiger partial charge in [0.2, 0.25) is 5.91 Å². The van der Waals surface area contributed by atoms with Gasteiger partial charge in [-0.05, 0) is 45.2 Å². The molecule has 126 valence electrons. The first-order valence-corrected chi connectivity index (χ1v) is 7.78. The van der Waals surface area contributed by atoms with Crippen molar-refractivity contribution in [3.8, 4) is 0 Å². The first kappa shape index (κ1) is 17.2. The van der Waals surface area contributed by atoms with E-state index in [1.807, 2.05) is 0 Å². The topological polar surface area (TPSA) is 67.4 Å². The van der Waals surface area contributed by atoms with Gasteiger partial charge in [0.05, 0.1) is 0 Å². The van der Waals surface area contributed by atoms with Crippen molar-refractivity contribution in [1.82, 2.24) is 10.6 Å². The second kappa shape index (κ2) is 6.98. The zero-order valence-corrected chi connectivity index (χ0v) is 13.7. The Bertz CT molecular complexity index is 583. The van der Waals surface area contributed by atoms with E-state index < -0.39 is 17.7 Å². The quantitative estimate of drug-likeness (QED) is 0.880. The summed E-state index contributed by atoms with van der Waals surface area (Å²) in [5.41, 5.74) is -0.0354. The Morgan fingerprint density at radius 1 is 1.30 bits per heavy atom. The smallest absolute Gasteiger partial charge is 0.408 e. The lowest BCUT2D eigenvalue weighted by atomic mass is 9.93. The van der Waals surface area contributed by atoms with Gasteiger partial charge in [0.25, 0.3) is 0 Å². The molecule has 1 heterocycles. The highest BCUT2D eigenvalue weighted by atomic mass is 19.1. The molecule has 1 aliphatic heterocycles. The highest BCUT2D eigenvalue weighted by Crippen LogP contribution is 2.26. The summed E-state index contributed by atoms with van der Waals surface area (Å²) in [6.07, 6.45) is 0.409. The highest BCUT2D eigenvalue weighted by molar-refractivity contribution is 5.85. The first-order valence-electron chi connectivity index (χ1n) is 7.78. The third-order valence-corrected chi connectivity index (χ3v) is 3.68. The number of nitrogens with one attached hydrogen (secondary N) is 2. The Balaban J connectivity index is 2.00. The van der Waals surface area contributed by atoms with E-state index in [0.717, 1.165) is 0 Å². The van der Waals surface area contributed by atoms with E-state index in [1.54, 1.807) is 39.0 Å². The van der Waals surface area contributed by atoms with Crippen molar-refractivity contribution in [3.05, 3.63) is 35.6 Å². The van der Waals surface area contributed by atoms with Crippen molar-refractivity contribution in [2.45, 2.75) is 51.2 Å². The lowest BCUT2D eigenvalue weighted by molar-refractivity contribution is -0.122. The van der Waals surface area contributed by atoms with E-state index in [4.69, 9.17) is 4.74 Å². The van der Waals surface area contributed by atoms with E-state index >= 15 is 0 Å². The maximum absolute atomic E-state index is 13.9. The summed E-state index contributed by atoms with van der Waals surface area (Å²) in [5, 5.41) is 5.35. The third-order valence-electron chi connectivity index (χ3n) is 3.68. The Kier molecular flexibility index (Phi) is 5.23. The van der Waals surface area contributed by atoms with Crippen LogP contribution in [-0.2, 0) is 9.53 Å². The molecule has 2 atom stereocenters. The summed E-state index contributed by atoms with van der Waals surface area (Å²) in [5.74, 6) is -0.648. The summed E-state index contributed by atoms with van der Waals surface area (Å²) >= 11 is 0. The van der Waals surface area contributed by atoms with E-state index in [2.05, 4.69) is 10.6 Å². The molecule has 0 unspecified atom stereocenters. The van der Waals surface area contributed by atoms with Crippen molar-refractivity contribution < 1.29 is 18.7 Å². The predicted octanol–water partition coefficient (Wildman–Crippen LogP) is 2.71. The number of rotatable bonds is 2. The lowest BCUT2D eigenvalue weighted by Gasteiger charge is -2.22. The molecule has 0 radical (unpaired) electrons. The molecular formula is C17H23FN2O3. The van der Waals surface area contributed by atoms with Gasteiger partial charge in [0.15, 0.2) is 0 Å². The molecule has 23 heavy (non-hydrogen) atoms. The predicted molar refractivity (Wildman–Crippen MR) is 84.5 cm³/mol. The number of hydrogen-bond donors (Lipinski definition) is 2. The number of carbonyl (C=O) groups excluding carboxylic acids is 2. The molecule has 2 amide bonds. The van der Waals surface area contributed by atoms with E-state index in [-0.39, 0.29) is 17.6 Å². The molecule has 2 rings (SSSR count). The molecule has 0 aliphatic carbocycles. The Morgan fingerprint density at radius 2 is 2.00 bits per heavy atom. The SMILES string of the molecule is CC(C)(C)OC(=O)N[C@@H]1CC[C@H](c2ccccc2F)CNC1=O. The minimum absolute atomic E-state index is 0.106. The van der Waals surface area contributed by atoms with Crippen molar-refractivity contribution in [1.29, 1.82) is 0 Å². The van der Waals surface area contributed by atoms with Crippen LogP contribution < -0.4 is 10.6 Å². The van der Waals surface area contributed by atoms with Crippen molar-refractivity contribution in [2.24, 2.45) is 0 Å². The summed E-state index contributed by atoms with van der Waals surface area (Å²) in [7, 11) is 0. The van der Waals surface area contributed by atoms with Crippen LogP contribution >= 0.6 is 0 Å². The fraction of sp³-hybridized carbons (Fsp3) is 0.529. The molecule has 5 nitrogen and oxygen atoms in total. The fourth-order valence-electron chi connectivity index (χ4n) is 2.61. The Morgan fingerprint density at radius 3 is 2.65 bits per heavy atom. The van der Waals surface area contributed by atoms with Gasteiger partial charge in [-0.25, -0.2) is 9.18 Å². The van der Waals surface area contributed by atoms with Crippen LogP contribution in [0.4, 0.5) is 9.18 Å². The number of benzene rings is 1. The van der Waals surface area contributed by atoms with Gasteiger partial charge in [-0.2, -0.15) is 0 Å². The van der Waals surface area contributed by atoms with Gasteiger partial charge >= 0.3 is 6.09 Å². The number of alkyl carbamates (subject to hydrolysis) is 1. The molecule has 1 saturated heterocycles. The molecule has 1 aliphatic rings. The second-order valence-corrected chi connectivity index (χ2v) is 6.74. The van der Waals surface area contributed by atoms with Gasteiger partial charge in [-0.15, -0.1) is 0 Å². The first-order chi connectivity index (χ1) is 10.8. The summed E-state index contributed by atoms with van der Waals surface area (Å²) in [6.45, 7) is 5.63. The number of ether oxygens (including phenoxy) is 1. The molecule has 1 aromatic carbocycles. The van der Waals surface area contributed by atoms with E-state index in [1.165, 1.54) is 6.07 Å². The van der Waals surface area contributed by atoms with Crippen molar-refractivity contribution >= 4 is 12.0 Å². The van der Waals surface area contributed by atoms with Crippen LogP contribution in [0.15, 0.2) is 24.3 Å². The van der Waals surface area contributed by atoms with Crippen LogP contribution in [0.1, 0.15) is 45.1 Å². The average molecular weight is 322 g/mol. The fourth-order valence-corrected chi connectivity index (χ4v) is 2.61. The minimum Gasteiger partial charge on any atom is -0.444 e. The average Bonchev–Trinajstić information content (AvgIpc) is 2.61. The molecule has 0 bridgehead atoms. The highest BCUT2D eigenvalue weighted by Gasteiger charge is 2.29. The number of halogens is 1. The van der Waals surface area contributed by atoms with Gasteiger partial charge in [-0.3, -0.25) is 4.79 Å². The van der Waals surface area contributed by atoms with Crippen LogP contribution in [0.2, 0.25) is 0 Å². The lowest BCUT2D eigenvalue weighted by Crippen LogP contribution is -2.47. The maximum atomic E-state index is 13.9. The number of carbonyl (C=O) groups is 2. The zero-order chi connectivity index (χ0) is 17.0. The van der Waals surface area contributed by atoms with Crippen LogP contribution in [0.5, 0.6) is 0 Å². The normalized spacial score (nSPS) is 22.0. The van der Waals surface area contributed by atoms with Crippen LogP contribution in [0, 0.1) is 5.82 Å². The summed E-state index contributed by atoms with van der Waals surface area (Å²) in [6, 6.07) is 5.90. The van der Waals surface area contributed by atoms with Gasteiger partial charge in [0.1, 0.15) is 17.5 Å². The molecule has 2 N–H and O–H groups in total. The van der Waals surface area contributed by atoms with Gasteiger partial charge in [0, 0.05) is 12.5 Å². The molecule has 6 heteroatoms. The van der Waals surface area contributed by atoms with Crippen molar-refractivity contribution in [3.63, 3.8) is 0 Å². The van der Waals surface area contributed by atoms with E-state index in [0.29, 0.717) is 24.9 Å².